The van der Waals surface area contributed by atoms with Crippen LogP contribution in [0.1, 0.15) is 18.9 Å². The molecule has 1 atom stereocenters. The lowest BCUT2D eigenvalue weighted by Crippen LogP contribution is -2.36. The van der Waals surface area contributed by atoms with Gasteiger partial charge in [0, 0.05) is 25.7 Å². The highest BCUT2D eigenvalue weighted by Gasteiger charge is 2.16. The SMILES string of the molecule is CC1CNCCCN1Cc1ccc(Cl)c(Cl)c1. The van der Waals surface area contributed by atoms with E-state index < -0.39 is 0 Å². The van der Waals surface area contributed by atoms with Gasteiger partial charge in [0.15, 0.2) is 0 Å². The zero-order valence-corrected chi connectivity index (χ0v) is 11.6. The molecule has 2 nitrogen and oxygen atoms in total. The van der Waals surface area contributed by atoms with E-state index >= 15 is 0 Å². The molecule has 1 heterocycles. The number of benzene rings is 1. The fourth-order valence-corrected chi connectivity index (χ4v) is 2.50. The first kappa shape index (κ1) is 13.2. The molecule has 0 spiro atoms. The van der Waals surface area contributed by atoms with Crippen LogP contribution in [0.15, 0.2) is 18.2 Å². The van der Waals surface area contributed by atoms with E-state index in [4.69, 9.17) is 23.2 Å². The monoisotopic (exact) mass is 272 g/mol. The molecule has 94 valence electrons. The van der Waals surface area contributed by atoms with Gasteiger partial charge in [-0.15, -0.1) is 0 Å². The summed E-state index contributed by atoms with van der Waals surface area (Å²) in [7, 11) is 0. The van der Waals surface area contributed by atoms with Crippen LogP contribution in [-0.4, -0.2) is 30.6 Å². The van der Waals surface area contributed by atoms with E-state index in [0.717, 1.165) is 26.2 Å². The Hall–Kier alpha value is -0.280. The van der Waals surface area contributed by atoms with Crippen molar-refractivity contribution in [2.45, 2.75) is 25.9 Å². The van der Waals surface area contributed by atoms with Gasteiger partial charge in [0.2, 0.25) is 0 Å². The van der Waals surface area contributed by atoms with E-state index in [1.165, 1.54) is 12.0 Å². The molecule has 1 N–H and O–H groups in total. The Bertz CT molecular complexity index is 382. The van der Waals surface area contributed by atoms with Gasteiger partial charge in [0.1, 0.15) is 0 Å². The maximum Gasteiger partial charge on any atom is 0.0595 e. The van der Waals surface area contributed by atoms with Gasteiger partial charge < -0.3 is 5.32 Å². The first-order valence-electron chi connectivity index (χ1n) is 6.05. The summed E-state index contributed by atoms with van der Waals surface area (Å²) in [5.41, 5.74) is 1.23. The molecule has 1 unspecified atom stereocenters. The summed E-state index contributed by atoms with van der Waals surface area (Å²) in [6.07, 6.45) is 1.20. The smallest absolute Gasteiger partial charge is 0.0595 e. The van der Waals surface area contributed by atoms with E-state index in [2.05, 4.69) is 23.2 Å². The molecular weight excluding hydrogens is 255 g/mol. The average molecular weight is 273 g/mol. The first-order chi connectivity index (χ1) is 8.16. The molecule has 1 aromatic rings. The lowest BCUT2D eigenvalue weighted by Gasteiger charge is -2.26. The van der Waals surface area contributed by atoms with Crippen LogP contribution in [0.25, 0.3) is 0 Å². The van der Waals surface area contributed by atoms with Crippen molar-refractivity contribution in [1.82, 2.24) is 10.2 Å². The fraction of sp³-hybridized carbons (Fsp3) is 0.538. The largest absolute Gasteiger partial charge is 0.315 e. The minimum Gasteiger partial charge on any atom is -0.315 e. The Morgan fingerprint density at radius 2 is 2.18 bits per heavy atom. The van der Waals surface area contributed by atoms with Crippen LogP contribution in [0.3, 0.4) is 0 Å². The summed E-state index contributed by atoms with van der Waals surface area (Å²) >= 11 is 12.0. The number of nitrogens with one attached hydrogen (secondary N) is 1. The molecule has 0 amide bonds. The zero-order chi connectivity index (χ0) is 12.3. The average Bonchev–Trinajstić information content (AvgIpc) is 2.50. The molecular formula is C13H18Cl2N2. The minimum atomic E-state index is 0.562. The van der Waals surface area contributed by atoms with Crippen LogP contribution >= 0.6 is 23.2 Å². The van der Waals surface area contributed by atoms with E-state index in [-0.39, 0.29) is 0 Å². The van der Waals surface area contributed by atoms with Crippen LogP contribution in [0.2, 0.25) is 10.0 Å². The maximum atomic E-state index is 6.04. The number of nitrogens with zero attached hydrogens (tertiary/aromatic N) is 1. The molecule has 0 bridgehead atoms. The molecule has 1 fully saturated rings. The number of hydrogen-bond donors (Lipinski definition) is 1. The van der Waals surface area contributed by atoms with Gasteiger partial charge in [0.05, 0.1) is 10.0 Å². The highest BCUT2D eigenvalue weighted by Crippen LogP contribution is 2.23. The van der Waals surface area contributed by atoms with E-state index in [1.54, 1.807) is 0 Å². The van der Waals surface area contributed by atoms with Crippen LogP contribution in [0.4, 0.5) is 0 Å². The molecule has 0 saturated carbocycles. The summed E-state index contributed by atoms with van der Waals surface area (Å²) in [6, 6.07) is 6.46. The third kappa shape index (κ3) is 3.59. The minimum absolute atomic E-state index is 0.562. The molecule has 0 aromatic heterocycles. The number of halogens is 2. The topological polar surface area (TPSA) is 15.3 Å². The highest BCUT2D eigenvalue weighted by molar-refractivity contribution is 6.42. The number of rotatable bonds is 2. The van der Waals surface area contributed by atoms with Gasteiger partial charge in [-0.2, -0.15) is 0 Å². The Morgan fingerprint density at radius 1 is 1.35 bits per heavy atom. The standard InChI is InChI=1S/C13H18Cl2N2/c1-10-8-16-5-2-6-17(10)9-11-3-4-12(14)13(15)7-11/h3-4,7,10,16H,2,5-6,8-9H2,1H3. The second-order valence-corrected chi connectivity index (χ2v) is 5.44. The van der Waals surface area contributed by atoms with Crippen molar-refractivity contribution in [2.75, 3.05) is 19.6 Å². The predicted octanol–water partition coefficient (Wildman–Crippen LogP) is 3.18. The number of hydrogen-bond acceptors (Lipinski definition) is 2. The third-order valence-corrected chi connectivity index (χ3v) is 3.97. The molecule has 1 aliphatic rings. The van der Waals surface area contributed by atoms with Gasteiger partial charge in [-0.3, -0.25) is 4.90 Å². The van der Waals surface area contributed by atoms with Crippen LogP contribution < -0.4 is 5.32 Å². The Balaban J connectivity index is 2.05. The summed E-state index contributed by atoms with van der Waals surface area (Å²) < 4.78 is 0. The predicted molar refractivity (Wildman–Crippen MR) is 73.8 cm³/mol. The van der Waals surface area contributed by atoms with Gasteiger partial charge >= 0.3 is 0 Å². The normalized spacial score (nSPS) is 22.4. The van der Waals surface area contributed by atoms with Gasteiger partial charge in [0.25, 0.3) is 0 Å². The lowest BCUT2D eigenvalue weighted by atomic mass is 10.2. The fourth-order valence-electron chi connectivity index (χ4n) is 2.17. The molecule has 2 rings (SSSR count). The van der Waals surface area contributed by atoms with Crippen molar-refractivity contribution in [3.63, 3.8) is 0 Å². The van der Waals surface area contributed by atoms with Crippen molar-refractivity contribution in [3.8, 4) is 0 Å². The van der Waals surface area contributed by atoms with Gasteiger partial charge in [-0.1, -0.05) is 29.3 Å². The second-order valence-electron chi connectivity index (χ2n) is 4.63. The zero-order valence-electron chi connectivity index (χ0n) is 10.0. The van der Waals surface area contributed by atoms with Crippen molar-refractivity contribution in [1.29, 1.82) is 0 Å². The maximum absolute atomic E-state index is 6.04. The third-order valence-electron chi connectivity index (χ3n) is 3.23. The summed E-state index contributed by atoms with van der Waals surface area (Å²) in [6.45, 7) is 6.51. The van der Waals surface area contributed by atoms with Crippen LogP contribution in [-0.2, 0) is 6.54 Å². The van der Waals surface area contributed by atoms with E-state index in [1.807, 2.05) is 12.1 Å². The Morgan fingerprint density at radius 3 is 2.94 bits per heavy atom. The van der Waals surface area contributed by atoms with Crippen molar-refractivity contribution < 1.29 is 0 Å². The van der Waals surface area contributed by atoms with E-state index in [0.29, 0.717) is 16.1 Å². The van der Waals surface area contributed by atoms with Gasteiger partial charge in [-0.05, 0) is 37.6 Å². The summed E-state index contributed by atoms with van der Waals surface area (Å²) in [5, 5.41) is 4.71. The van der Waals surface area contributed by atoms with Crippen molar-refractivity contribution >= 4 is 23.2 Å². The first-order valence-corrected chi connectivity index (χ1v) is 6.81. The molecule has 0 radical (unpaired) electrons. The summed E-state index contributed by atoms with van der Waals surface area (Å²) in [5.74, 6) is 0. The van der Waals surface area contributed by atoms with Gasteiger partial charge in [-0.25, -0.2) is 0 Å². The Labute approximate surface area is 113 Å². The van der Waals surface area contributed by atoms with Crippen molar-refractivity contribution in [3.05, 3.63) is 33.8 Å². The molecule has 0 aliphatic carbocycles. The summed E-state index contributed by atoms with van der Waals surface area (Å²) in [4.78, 5) is 2.49. The van der Waals surface area contributed by atoms with Crippen molar-refractivity contribution in [2.24, 2.45) is 0 Å². The van der Waals surface area contributed by atoms with Crippen LogP contribution in [0.5, 0.6) is 0 Å². The lowest BCUT2D eigenvalue weighted by molar-refractivity contribution is 0.214. The molecule has 17 heavy (non-hydrogen) atoms. The molecule has 4 heteroatoms. The molecule has 1 aromatic carbocycles. The van der Waals surface area contributed by atoms with E-state index in [9.17, 15) is 0 Å². The highest BCUT2D eigenvalue weighted by atomic mass is 35.5. The molecule has 1 saturated heterocycles. The second kappa shape index (κ2) is 6.05. The quantitative estimate of drug-likeness (QED) is 0.890. The van der Waals surface area contributed by atoms with Crippen LogP contribution in [0, 0.1) is 0 Å². The Kier molecular flexibility index (Phi) is 4.69. The molecule has 1 aliphatic heterocycles.